The van der Waals surface area contributed by atoms with Gasteiger partial charge in [0.2, 0.25) is 0 Å². The summed E-state index contributed by atoms with van der Waals surface area (Å²) in [6.45, 7) is 7.72. The third kappa shape index (κ3) is 7.52. The molecular formula is C26H35N3O2S. The molecule has 3 rings (SSSR count). The Hall–Kier alpha value is -2.60. The fraction of sp³-hybridized carbons (Fsp3) is 0.462. The summed E-state index contributed by atoms with van der Waals surface area (Å²) < 4.78 is 11.4. The molecular weight excluding hydrogens is 418 g/mol. The lowest BCUT2D eigenvalue weighted by Gasteiger charge is -2.30. The lowest BCUT2D eigenvalue weighted by Crippen LogP contribution is -2.42. The third-order valence-electron chi connectivity index (χ3n) is 5.54. The van der Waals surface area contributed by atoms with Crippen molar-refractivity contribution in [3.63, 3.8) is 0 Å². The predicted molar refractivity (Wildman–Crippen MR) is 134 cm³/mol. The van der Waals surface area contributed by atoms with Crippen molar-refractivity contribution in [2.75, 3.05) is 26.3 Å². The van der Waals surface area contributed by atoms with Crippen molar-refractivity contribution >= 4 is 17.3 Å². The van der Waals surface area contributed by atoms with Gasteiger partial charge in [0.25, 0.3) is 0 Å². The first-order chi connectivity index (χ1) is 15.7. The maximum Gasteiger partial charge on any atom is 0.169 e. The van der Waals surface area contributed by atoms with Crippen LogP contribution < -0.4 is 14.8 Å². The quantitative estimate of drug-likeness (QED) is 0.375. The highest BCUT2D eigenvalue weighted by Gasteiger charge is 2.18. The van der Waals surface area contributed by atoms with Crippen molar-refractivity contribution in [3.8, 4) is 11.5 Å². The molecule has 0 saturated carbocycles. The maximum atomic E-state index is 5.81. The Morgan fingerprint density at radius 1 is 1.12 bits per heavy atom. The Kier molecular flexibility index (Phi) is 9.82. The van der Waals surface area contributed by atoms with Gasteiger partial charge in [0, 0.05) is 32.0 Å². The van der Waals surface area contributed by atoms with Crippen LogP contribution in [0.15, 0.2) is 54.9 Å². The maximum absolute atomic E-state index is 5.81. The molecule has 0 unspecified atom stereocenters. The van der Waals surface area contributed by atoms with Crippen molar-refractivity contribution in [2.45, 2.75) is 46.1 Å². The smallest absolute Gasteiger partial charge is 0.169 e. The predicted octanol–water partition coefficient (Wildman–Crippen LogP) is 5.15. The van der Waals surface area contributed by atoms with E-state index in [0.717, 1.165) is 55.5 Å². The first-order valence-electron chi connectivity index (χ1n) is 11.6. The monoisotopic (exact) mass is 453 g/mol. The fourth-order valence-corrected chi connectivity index (χ4v) is 4.18. The van der Waals surface area contributed by atoms with Crippen molar-refractivity contribution in [2.24, 2.45) is 5.92 Å². The summed E-state index contributed by atoms with van der Waals surface area (Å²) in [6.07, 6.45) is 12.7. The standard InChI is InChI=1S/C26H35N3O2S/c1-3-30-24-13-12-21(17-25(24)31-4-2)14-16-28-26(32)29(19-22-9-6-5-7-10-22)20-23-11-8-15-27-18-23/h5-6,8,11-13,15,17-18,22H,3-4,7,9-10,14,16,19-20H2,1-2H3,(H,28,32)/t22-/m1/s1. The van der Waals surface area contributed by atoms with E-state index in [4.69, 9.17) is 21.7 Å². The topological polar surface area (TPSA) is 46.6 Å². The van der Waals surface area contributed by atoms with Gasteiger partial charge < -0.3 is 19.7 Å². The number of thiocarbonyl (C=S) groups is 1. The van der Waals surface area contributed by atoms with Crippen LogP contribution in [0, 0.1) is 5.92 Å². The molecule has 5 nitrogen and oxygen atoms in total. The van der Waals surface area contributed by atoms with Crippen molar-refractivity contribution in [3.05, 3.63) is 66.0 Å². The van der Waals surface area contributed by atoms with E-state index in [1.165, 1.54) is 17.5 Å². The summed E-state index contributed by atoms with van der Waals surface area (Å²) in [5.41, 5.74) is 2.37. The second-order valence-electron chi connectivity index (χ2n) is 8.02. The van der Waals surface area contributed by atoms with Crippen LogP contribution in [-0.4, -0.2) is 41.3 Å². The average Bonchev–Trinajstić information content (AvgIpc) is 2.82. The molecule has 1 aliphatic carbocycles. The third-order valence-corrected chi connectivity index (χ3v) is 5.94. The molecule has 0 radical (unpaired) electrons. The normalized spacial score (nSPS) is 15.2. The number of nitrogens with zero attached hydrogens (tertiary/aromatic N) is 2. The largest absolute Gasteiger partial charge is 0.490 e. The van der Waals surface area contributed by atoms with Crippen molar-refractivity contribution in [1.82, 2.24) is 15.2 Å². The molecule has 1 aromatic carbocycles. The molecule has 2 aromatic rings. The minimum absolute atomic E-state index is 0.617. The van der Waals surface area contributed by atoms with Gasteiger partial charge in [0.05, 0.1) is 13.2 Å². The highest BCUT2D eigenvalue weighted by Crippen LogP contribution is 2.28. The SMILES string of the molecule is CCOc1ccc(CCNC(=S)N(Cc2cccnc2)C[C@@H]2CC=CCC2)cc1OCC. The van der Waals surface area contributed by atoms with Crippen LogP contribution in [0.5, 0.6) is 11.5 Å². The van der Waals surface area contributed by atoms with Crippen LogP contribution >= 0.6 is 12.2 Å². The highest BCUT2D eigenvalue weighted by molar-refractivity contribution is 7.80. The molecule has 0 saturated heterocycles. The number of allylic oxidation sites excluding steroid dienone is 2. The van der Waals surface area contributed by atoms with Gasteiger partial charge >= 0.3 is 0 Å². The molecule has 6 heteroatoms. The molecule has 32 heavy (non-hydrogen) atoms. The summed E-state index contributed by atoms with van der Waals surface area (Å²) in [7, 11) is 0. The van der Waals surface area contributed by atoms with Gasteiger partial charge in [-0.2, -0.15) is 0 Å². The molecule has 0 amide bonds. The summed E-state index contributed by atoms with van der Waals surface area (Å²) in [6, 6.07) is 10.3. The molecule has 1 aliphatic rings. The van der Waals surface area contributed by atoms with Gasteiger partial charge in [0.15, 0.2) is 16.6 Å². The number of aromatic nitrogens is 1. The number of hydrogen-bond donors (Lipinski definition) is 1. The molecule has 172 valence electrons. The van der Waals surface area contributed by atoms with E-state index in [-0.39, 0.29) is 0 Å². The van der Waals surface area contributed by atoms with Gasteiger partial charge in [-0.3, -0.25) is 4.98 Å². The average molecular weight is 454 g/mol. The van der Waals surface area contributed by atoms with E-state index < -0.39 is 0 Å². The minimum atomic E-state index is 0.617. The van der Waals surface area contributed by atoms with E-state index in [0.29, 0.717) is 19.1 Å². The first-order valence-corrected chi connectivity index (χ1v) is 12.1. The first kappa shape index (κ1) is 24.1. The highest BCUT2D eigenvalue weighted by atomic mass is 32.1. The Bertz CT molecular complexity index is 873. The van der Waals surface area contributed by atoms with E-state index in [2.05, 4.69) is 45.6 Å². The van der Waals surface area contributed by atoms with Gasteiger partial charge in [0.1, 0.15) is 0 Å². The van der Waals surface area contributed by atoms with Crippen LogP contribution in [0.3, 0.4) is 0 Å². The van der Waals surface area contributed by atoms with Crippen LogP contribution in [0.4, 0.5) is 0 Å². The Morgan fingerprint density at radius 2 is 1.97 bits per heavy atom. The van der Waals surface area contributed by atoms with Gasteiger partial charge in [-0.05, 0) is 87.0 Å². The minimum Gasteiger partial charge on any atom is -0.490 e. The molecule has 0 spiro atoms. The lowest BCUT2D eigenvalue weighted by atomic mass is 9.94. The van der Waals surface area contributed by atoms with E-state index in [1.54, 1.807) is 0 Å². The van der Waals surface area contributed by atoms with Crippen LogP contribution in [-0.2, 0) is 13.0 Å². The summed E-state index contributed by atoms with van der Waals surface area (Å²) in [5, 5.41) is 4.28. The Balaban J connectivity index is 1.59. The molecule has 0 bridgehead atoms. The zero-order valence-corrected chi connectivity index (χ0v) is 20.1. The van der Waals surface area contributed by atoms with Crippen LogP contribution in [0.1, 0.15) is 44.2 Å². The molecule has 0 fully saturated rings. The molecule has 1 atom stereocenters. The molecule has 1 N–H and O–H groups in total. The van der Waals surface area contributed by atoms with E-state index in [1.807, 2.05) is 38.4 Å². The van der Waals surface area contributed by atoms with Crippen LogP contribution in [0.2, 0.25) is 0 Å². The fourth-order valence-electron chi connectivity index (χ4n) is 3.94. The van der Waals surface area contributed by atoms with E-state index >= 15 is 0 Å². The lowest BCUT2D eigenvalue weighted by molar-refractivity contribution is 0.287. The molecule has 0 aliphatic heterocycles. The van der Waals surface area contributed by atoms with Gasteiger partial charge in [-0.15, -0.1) is 0 Å². The Morgan fingerprint density at radius 3 is 2.69 bits per heavy atom. The number of nitrogens with one attached hydrogen (secondary N) is 1. The molecule has 1 aromatic heterocycles. The summed E-state index contributed by atoms with van der Waals surface area (Å²) in [5.74, 6) is 2.24. The zero-order chi connectivity index (χ0) is 22.6. The molecule has 1 heterocycles. The second kappa shape index (κ2) is 13.1. The summed E-state index contributed by atoms with van der Waals surface area (Å²) >= 11 is 5.81. The zero-order valence-electron chi connectivity index (χ0n) is 19.3. The van der Waals surface area contributed by atoms with Crippen molar-refractivity contribution in [1.29, 1.82) is 0 Å². The van der Waals surface area contributed by atoms with Gasteiger partial charge in [-0.25, -0.2) is 0 Å². The number of rotatable bonds is 11. The number of ether oxygens (including phenoxy) is 2. The number of hydrogen-bond acceptors (Lipinski definition) is 4. The second-order valence-corrected chi connectivity index (χ2v) is 8.41. The van der Waals surface area contributed by atoms with Gasteiger partial charge in [-0.1, -0.05) is 24.3 Å². The van der Waals surface area contributed by atoms with Crippen LogP contribution in [0.25, 0.3) is 0 Å². The summed E-state index contributed by atoms with van der Waals surface area (Å²) in [4.78, 5) is 6.56. The number of benzene rings is 1. The van der Waals surface area contributed by atoms with E-state index in [9.17, 15) is 0 Å². The van der Waals surface area contributed by atoms with Crippen molar-refractivity contribution < 1.29 is 9.47 Å². The number of pyridine rings is 1. The Labute approximate surface area is 197 Å².